The number of aryl methyl sites for hydroxylation is 1. The fourth-order valence-electron chi connectivity index (χ4n) is 2.78. The average Bonchev–Trinajstić information content (AvgIpc) is 2.78. The molecule has 3 rings (SSSR count). The van der Waals surface area contributed by atoms with Gasteiger partial charge in [0.15, 0.2) is 0 Å². The van der Waals surface area contributed by atoms with Crippen molar-refractivity contribution in [1.29, 1.82) is 0 Å². The van der Waals surface area contributed by atoms with Gasteiger partial charge in [-0.15, -0.1) is 11.8 Å². The Hall–Kier alpha value is -2.77. The van der Waals surface area contributed by atoms with Gasteiger partial charge in [-0.25, -0.2) is 8.42 Å². The second kappa shape index (κ2) is 9.82. The van der Waals surface area contributed by atoms with Gasteiger partial charge in [0.2, 0.25) is 0 Å². The van der Waals surface area contributed by atoms with Crippen LogP contribution in [-0.2, 0) is 10.0 Å². The molecule has 1 N–H and O–H groups in total. The summed E-state index contributed by atoms with van der Waals surface area (Å²) in [6.07, 6.45) is 0. The SMILES string of the molecule is Cc1ccc(SCCNC(=O)c2ccc(N(C)S(=O)(=O)c3ccccc3)cc2)cc1. The van der Waals surface area contributed by atoms with Gasteiger partial charge < -0.3 is 5.32 Å². The van der Waals surface area contributed by atoms with Crippen LogP contribution in [0.1, 0.15) is 15.9 Å². The van der Waals surface area contributed by atoms with Crippen molar-refractivity contribution in [2.75, 3.05) is 23.7 Å². The molecule has 0 fully saturated rings. The Balaban J connectivity index is 1.55. The third-order valence-corrected chi connectivity index (χ3v) is 7.39. The Bertz CT molecular complexity index is 1080. The first kappa shape index (κ1) is 21.9. The van der Waals surface area contributed by atoms with Crippen LogP contribution in [0.5, 0.6) is 0 Å². The van der Waals surface area contributed by atoms with Crippen LogP contribution in [0.2, 0.25) is 0 Å². The van der Waals surface area contributed by atoms with Gasteiger partial charge >= 0.3 is 0 Å². The zero-order chi connectivity index (χ0) is 21.6. The van der Waals surface area contributed by atoms with Crippen molar-refractivity contribution in [2.45, 2.75) is 16.7 Å². The Morgan fingerprint density at radius 1 is 0.933 bits per heavy atom. The number of carbonyl (C=O) groups is 1. The zero-order valence-electron chi connectivity index (χ0n) is 16.9. The van der Waals surface area contributed by atoms with Crippen molar-refractivity contribution in [3.05, 3.63) is 90.0 Å². The molecule has 1 amide bonds. The quantitative estimate of drug-likeness (QED) is 0.418. The standard InChI is InChI=1S/C23H24N2O3S2/c1-18-8-14-21(15-9-18)29-17-16-24-23(26)19-10-12-20(13-11-19)25(2)30(27,28)22-6-4-3-5-7-22/h3-15H,16-17H2,1-2H3,(H,24,26). The summed E-state index contributed by atoms with van der Waals surface area (Å²) in [7, 11) is -2.14. The van der Waals surface area contributed by atoms with Gasteiger partial charge in [-0.1, -0.05) is 35.9 Å². The van der Waals surface area contributed by atoms with E-state index in [-0.39, 0.29) is 10.8 Å². The Morgan fingerprint density at radius 3 is 2.20 bits per heavy atom. The summed E-state index contributed by atoms with van der Waals surface area (Å²) in [6, 6.07) is 23.1. The summed E-state index contributed by atoms with van der Waals surface area (Å²) in [5.74, 6) is 0.588. The molecular formula is C23H24N2O3S2. The molecule has 0 aliphatic heterocycles. The fraction of sp³-hybridized carbons (Fsp3) is 0.174. The maximum absolute atomic E-state index is 12.7. The van der Waals surface area contributed by atoms with E-state index in [0.717, 1.165) is 5.75 Å². The molecule has 0 unspecified atom stereocenters. The molecule has 0 saturated carbocycles. The molecule has 3 aromatic rings. The fourth-order valence-corrected chi connectivity index (χ4v) is 4.77. The van der Waals surface area contributed by atoms with E-state index in [0.29, 0.717) is 17.8 Å². The molecule has 3 aromatic carbocycles. The van der Waals surface area contributed by atoms with Gasteiger partial charge in [0.1, 0.15) is 0 Å². The third kappa shape index (κ3) is 5.43. The molecule has 156 valence electrons. The van der Waals surface area contributed by atoms with Crippen LogP contribution >= 0.6 is 11.8 Å². The number of nitrogens with one attached hydrogen (secondary N) is 1. The van der Waals surface area contributed by atoms with Crippen LogP contribution in [0.4, 0.5) is 5.69 Å². The summed E-state index contributed by atoms with van der Waals surface area (Å²) in [5, 5.41) is 2.89. The highest BCUT2D eigenvalue weighted by Gasteiger charge is 2.21. The maximum atomic E-state index is 12.7. The molecule has 0 aliphatic rings. The second-order valence-electron chi connectivity index (χ2n) is 6.75. The minimum atomic E-state index is -3.64. The van der Waals surface area contributed by atoms with Crippen molar-refractivity contribution in [2.24, 2.45) is 0 Å². The first-order chi connectivity index (χ1) is 14.4. The zero-order valence-corrected chi connectivity index (χ0v) is 18.5. The summed E-state index contributed by atoms with van der Waals surface area (Å²) in [6.45, 7) is 2.59. The highest BCUT2D eigenvalue weighted by molar-refractivity contribution is 7.99. The van der Waals surface area contributed by atoms with Gasteiger partial charge in [0.25, 0.3) is 15.9 Å². The lowest BCUT2D eigenvalue weighted by Crippen LogP contribution is -2.27. The lowest BCUT2D eigenvalue weighted by molar-refractivity contribution is 0.0956. The van der Waals surface area contributed by atoms with Crippen molar-refractivity contribution in [3.8, 4) is 0 Å². The van der Waals surface area contributed by atoms with Crippen molar-refractivity contribution >= 4 is 33.4 Å². The van der Waals surface area contributed by atoms with Gasteiger partial charge in [0.05, 0.1) is 10.6 Å². The molecule has 0 spiro atoms. The molecule has 0 bridgehead atoms. The molecular weight excluding hydrogens is 416 g/mol. The van der Waals surface area contributed by atoms with Crippen LogP contribution in [0.25, 0.3) is 0 Å². The first-order valence-electron chi connectivity index (χ1n) is 9.49. The summed E-state index contributed by atoms with van der Waals surface area (Å²) in [4.78, 5) is 13.7. The molecule has 0 atom stereocenters. The highest BCUT2D eigenvalue weighted by Crippen LogP contribution is 2.22. The topological polar surface area (TPSA) is 66.5 Å². The number of hydrogen-bond acceptors (Lipinski definition) is 4. The van der Waals surface area contributed by atoms with E-state index in [1.807, 2.05) is 0 Å². The monoisotopic (exact) mass is 440 g/mol. The number of rotatable bonds is 8. The molecule has 0 aromatic heterocycles. The predicted octanol–water partition coefficient (Wildman–Crippen LogP) is 4.34. The van der Waals surface area contributed by atoms with E-state index >= 15 is 0 Å². The molecule has 7 heteroatoms. The minimum Gasteiger partial charge on any atom is -0.351 e. The number of thioether (sulfide) groups is 1. The molecule has 0 saturated heterocycles. The van der Waals surface area contributed by atoms with E-state index in [1.165, 1.54) is 21.8 Å². The van der Waals surface area contributed by atoms with E-state index in [1.54, 1.807) is 66.4 Å². The molecule has 0 radical (unpaired) electrons. The van der Waals surface area contributed by atoms with Gasteiger partial charge in [0, 0.05) is 29.8 Å². The van der Waals surface area contributed by atoms with Gasteiger partial charge in [-0.3, -0.25) is 9.10 Å². The van der Waals surface area contributed by atoms with E-state index in [4.69, 9.17) is 0 Å². The minimum absolute atomic E-state index is 0.181. The number of sulfonamides is 1. The Kier molecular flexibility index (Phi) is 7.18. The Labute approximate surface area is 182 Å². The lowest BCUT2D eigenvalue weighted by atomic mass is 10.2. The smallest absolute Gasteiger partial charge is 0.264 e. The lowest BCUT2D eigenvalue weighted by Gasteiger charge is -2.19. The molecule has 5 nitrogen and oxygen atoms in total. The molecule has 0 heterocycles. The van der Waals surface area contributed by atoms with Crippen LogP contribution in [0.15, 0.2) is 88.7 Å². The van der Waals surface area contributed by atoms with Crippen LogP contribution in [0.3, 0.4) is 0 Å². The van der Waals surface area contributed by atoms with E-state index < -0.39 is 10.0 Å². The number of benzene rings is 3. The van der Waals surface area contributed by atoms with Gasteiger partial charge in [-0.05, 0) is 55.5 Å². The van der Waals surface area contributed by atoms with Crippen molar-refractivity contribution in [3.63, 3.8) is 0 Å². The number of nitrogens with zero attached hydrogens (tertiary/aromatic N) is 1. The van der Waals surface area contributed by atoms with Crippen LogP contribution < -0.4 is 9.62 Å². The van der Waals surface area contributed by atoms with E-state index in [9.17, 15) is 13.2 Å². The number of hydrogen-bond donors (Lipinski definition) is 1. The summed E-state index contributed by atoms with van der Waals surface area (Å²) in [5.41, 5.74) is 2.20. The average molecular weight is 441 g/mol. The number of carbonyl (C=O) groups excluding carboxylic acids is 1. The number of amides is 1. The molecule has 30 heavy (non-hydrogen) atoms. The number of anilines is 1. The van der Waals surface area contributed by atoms with Crippen LogP contribution in [-0.4, -0.2) is 33.7 Å². The molecule has 0 aliphatic carbocycles. The maximum Gasteiger partial charge on any atom is 0.264 e. The summed E-state index contributed by atoms with van der Waals surface area (Å²) >= 11 is 1.69. The second-order valence-corrected chi connectivity index (χ2v) is 9.89. The largest absolute Gasteiger partial charge is 0.351 e. The highest BCUT2D eigenvalue weighted by atomic mass is 32.2. The predicted molar refractivity (Wildman–Crippen MR) is 123 cm³/mol. The van der Waals surface area contributed by atoms with Crippen LogP contribution in [0, 0.1) is 6.92 Å². The van der Waals surface area contributed by atoms with Crippen molar-refractivity contribution < 1.29 is 13.2 Å². The first-order valence-corrected chi connectivity index (χ1v) is 11.9. The third-order valence-electron chi connectivity index (χ3n) is 4.57. The van der Waals surface area contributed by atoms with Gasteiger partial charge in [-0.2, -0.15) is 0 Å². The van der Waals surface area contributed by atoms with Crippen molar-refractivity contribution in [1.82, 2.24) is 5.32 Å². The normalized spacial score (nSPS) is 11.1. The Morgan fingerprint density at radius 2 is 1.57 bits per heavy atom. The summed E-state index contributed by atoms with van der Waals surface area (Å²) < 4.78 is 26.6. The van der Waals surface area contributed by atoms with E-state index in [2.05, 4.69) is 36.5 Å².